The summed E-state index contributed by atoms with van der Waals surface area (Å²) in [4.78, 5) is 11.3. The smallest absolute Gasteiger partial charge is 0.392 e. The second-order valence-electron chi connectivity index (χ2n) is 3.23. The molecule has 17 heavy (non-hydrogen) atoms. The molecule has 0 amide bonds. The van der Waals surface area contributed by atoms with Gasteiger partial charge in [0.15, 0.2) is 0 Å². The molecule has 1 aromatic carbocycles. The molecule has 0 aliphatic rings. The fraction of sp³-hybridized carbons (Fsp3) is 0.300. The minimum Gasteiger partial charge on any atom is -0.462 e. The number of halogens is 4. The molecule has 2 N–H and O–H groups in total. The van der Waals surface area contributed by atoms with E-state index in [1.165, 1.54) is 0 Å². The van der Waals surface area contributed by atoms with Crippen molar-refractivity contribution in [2.75, 3.05) is 12.3 Å². The van der Waals surface area contributed by atoms with Gasteiger partial charge in [-0.05, 0) is 18.2 Å². The average molecular weight is 251 g/mol. The first-order valence-corrected chi connectivity index (χ1v) is 4.58. The maximum absolute atomic E-state index is 12.6. The van der Waals surface area contributed by atoms with Crippen LogP contribution in [0, 0.1) is 5.82 Å². The molecule has 0 heterocycles. The van der Waals surface area contributed by atoms with Gasteiger partial charge in [-0.3, -0.25) is 0 Å². The lowest BCUT2D eigenvalue weighted by Crippen LogP contribution is -2.15. The van der Waals surface area contributed by atoms with Crippen molar-refractivity contribution in [2.24, 2.45) is 0 Å². The zero-order valence-electron chi connectivity index (χ0n) is 8.55. The van der Waals surface area contributed by atoms with Gasteiger partial charge in [-0.1, -0.05) is 0 Å². The highest BCUT2D eigenvalue weighted by Gasteiger charge is 2.27. The SMILES string of the molecule is Nc1cc(F)ccc1C(=O)OCCC(F)(F)F. The van der Waals surface area contributed by atoms with E-state index >= 15 is 0 Å². The van der Waals surface area contributed by atoms with Gasteiger partial charge in [-0.15, -0.1) is 0 Å². The maximum Gasteiger partial charge on any atom is 0.392 e. The summed E-state index contributed by atoms with van der Waals surface area (Å²) in [6, 6.07) is 2.91. The van der Waals surface area contributed by atoms with Crippen LogP contribution in [0.5, 0.6) is 0 Å². The molecule has 0 fully saturated rings. The summed E-state index contributed by atoms with van der Waals surface area (Å²) in [6.07, 6.45) is -5.63. The van der Waals surface area contributed by atoms with Crippen molar-refractivity contribution < 1.29 is 27.1 Å². The Morgan fingerprint density at radius 3 is 2.53 bits per heavy atom. The molecule has 1 aromatic rings. The monoisotopic (exact) mass is 251 g/mol. The van der Waals surface area contributed by atoms with Crippen LogP contribution in [-0.4, -0.2) is 18.8 Å². The second kappa shape index (κ2) is 5.03. The molecule has 94 valence electrons. The topological polar surface area (TPSA) is 52.3 Å². The molecule has 0 bridgehead atoms. The van der Waals surface area contributed by atoms with Gasteiger partial charge in [0, 0.05) is 5.69 Å². The normalized spacial score (nSPS) is 11.3. The number of hydrogen-bond donors (Lipinski definition) is 1. The zero-order chi connectivity index (χ0) is 13.1. The molecule has 3 nitrogen and oxygen atoms in total. The molecule has 0 aliphatic heterocycles. The van der Waals surface area contributed by atoms with Crippen molar-refractivity contribution in [3.05, 3.63) is 29.6 Å². The summed E-state index contributed by atoms with van der Waals surface area (Å²) >= 11 is 0. The number of alkyl halides is 3. The largest absolute Gasteiger partial charge is 0.462 e. The van der Waals surface area contributed by atoms with Crippen LogP contribution in [0.25, 0.3) is 0 Å². The summed E-state index contributed by atoms with van der Waals surface area (Å²) < 4.78 is 52.3. The molecule has 7 heteroatoms. The van der Waals surface area contributed by atoms with Gasteiger partial charge in [-0.25, -0.2) is 9.18 Å². The third-order valence-electron chi connectivity index (χ3n) is 1.85. The lowest BCUT2D eigenvalue weighted by molar-refractivity contribution is -0.141. The molecule has 0 saturated heterocycles. The minimum atomic E-state index is -4.39. The van der Waals surface area contributed by atoms with Crippen molar-refractivity contribution in [1.29, 1.82) is 0 Å². The van der Waals surface area contributed by atoms with Gasteiger partial charge in [0.05, 0.1) is 12.0 Å². The number of ether oxygens (including phenoxy) is 1. The summed E-state index contributed by atoms with van der Waals surface area (Å²) in [5, 5.41) is 0. The summed E-state index contributed by atoms with van der Waals surface area (Å²) in [5.41, 5.74) is 4.98. The number of carbonyl (C=O) groups excluding carboxylic acids is 1. The summed E-state index contributed by atoms with van der Waals surface area (Å²) in [5.74, 6) is -1.65. The Kier molecular flexibility index (Phi) is 3.93. The van der Waals surface area contributed by atoms with Gasteiger partial charge in [0.25, 0.3) is 0 Å². The molecule has 0 unspecified atom stereocenters. The molecule has 0 radical (unpaired) electrons. The number of nitrogen functional groups attached to an aromatic ring is 1. The van der Waals surface area contributed by atoms with Crippen LogP contribution >= 0.6 is 0 Å². The fourth-order valence-corrected chi connectivity index (χ4v) is 1.06. The predicted molar refractivity (Wildman–Crippen MR) is 51.8 cm³/mol. The number of esters is 1. The van der Waals surface area contributed by atoms with Gasteiger partial charge >= 0.3 is 12.1 Å². The number of benzene rings is 1. The number of hydrogen-bond acceptors (Lipinski definition) is 3. The number of rotatable bonds is 3. The molecule has 0 saturated carbocycles. The quantitative estimate of drug-likeness (QED) is 0.510. The minimum absolute atomic E-state index is 0.159. The van der Waals surface area contributed by atoms with E-state index in [2.05, 4.69) is 4.74 Å². The van der Waals surface area contributed by atoms with Crippen molar-refractivity contribution in [3.8, 4) is 0 Å². The van der Waals surface area contributed by atoms with Crippen molar-refractivity contribution in [2.45, 2.75) is 12.6 Å². The van der Waals surface area contributed by atoms with Crippen molar-refractivity contribution in [1.82, 2.24) is 0 Å². The van der Waals surface area contributed by atoms with Crippen LogP contribution in [0.4, 0.5) is 23.2 Å². The third-order valence-corrected chi connectivity index (χ3v) is 1.85. The van der Waals surface area contributed by atoms with E-state index in [0.717, 1.165) is 18.2 Å². The molecule has 0 spiro atoms. The van der Waals surface area contributed by atoms with Crippen LogP contribution in [-0.2, 0) is 4.74 Å². The van der Waals surface area contributed by atoms with E-state index in [1.54, 1.807) is 0 Å². The van der Waals surface area contributed by atoms with E-state index in [4.69, 9.17) is 5.73 Å². The Bertz CT molecular complexity index is 417. The first-order valence-electron chi connectivity index (χ1n) is 4.58. The van der Waals surface area contributed by atoms with Crippen molar-refractivity contribution >= 4 is 11.7 Å². The number of nitrogens with two attached hydrogens (primary N) is 1. The van der Waals surface area contributed by atoms with E-state index in [1.807, 2.05) is 0 Å². The van der Waals surface area contributed by atoms with E-state index < -0.39 is 31.0 Å². The van der Waals surface area contributed by atoms with Crippen LogP contribution < -0.4 is 5.73 Å². The van der Waals surface area contributed by atoms with Gasteiger partial charge < -0.3 is 10.5 Å². The van der Waals surface area contributed by atoms with Gasteiger partial charge in [0.1, 0.15) is 12.4 Å². The Morgan fingerprint density at radius 1 is 1.35 bits per heavy atom. The lowest BCUT2D eigenvalue weighted by Gasteiger charge is -2.08. The first-order chi connectivity index (χ1) is 7.79. The molecule has 0 atom stereocenters. The van der Waals surface area contributed by atoms with E-state index in [9.17, 15) is 22.4 Å². The van der Waals surface area contributed by atoms with Crippen LogP contribution in [0.2, 0.25) is 0 Å². The van der Waals surface area contributed by atoms with Gasteiger partial charge in [-0.2, -0.15) is 13.2 Å². The number of anilines is 1. The molecular weight excluding hydrogens is 242 g/mol. The highest BCUT2D eigenvalue weighted by Crippen LogP contribution is 2.20. The average Bonchev–Trinajstić information content (AvgIpc) is 2.15. The highest BCUT2D eigenvalue weighted by molar-refractivity contribution is 5.94. The van der Waals surface area contributed by atoms with Gasteiger partial charge in [0.2, 0.25) is 0 Å². The molecule has 1 rings (SSSR count). The maximum atomic E-state index is 12.6. The van der Waals surface area contributed by atoms with Crippen LogP contribution in [0.3, 0.4) is 0 Å². The Morgan fingerprint density at radius 2 is 2.00 bits per heavy atom. The standard InChI is InChI=1S/C10H9F4NO2/c11-6-1-2-7(8(15)5-6)9(16)17-4-3-10(12,13)14/h1-2,5H,3-4,15H2. The highest BCUT2D eigenvalue weighted by atomic mass is 19.4. The summed E-state index contributed by atoms with van der Waals surface area (Å²) in [7, 11) is 0. The van der Waals surface area contributed by atoms with Crippen LogP contribution in [0.1, 0.15) is 16.8 Å². The van der Waals surface area contributed by atoms with E-state index in [-0.39, 0.29) is 11.3 Å². The number of carbonyl (C=O) groups is 1. The fourth-order valence-electron chi connectivity index (χ4n) is 1.06. The molecular formula is C10H9F4NO2. The first kappa shape index (κ1) is 13.3. The molecule has 0 aromatic heterocycles. The zero-order valence-corrected chi connectivity index (χ0v) is 8.55. The Labute approximate surface area is 94.2 Å². The Balaban J connectivity index is 2.59. The summed E-state index contributed by atoms with van der Waals surface area (Å²) in [6.45, 7) is -0.793. The predicted octanol–water partition coefficient (Wildman–Crippen LogP) is 2.52. The lowest BCUT2D eigenvalue weighted by atomic mass is 10.2. The van der Waals surface area contributed by atoms with Crippen molar-refractivity contribution in [3.63, 3.8) is 0 Å². The third kappa shape index (κ3) is 4.29. The van der Waals surface area contributed by atoms with Crippen LogP contribution in [0.15, 0.2) is 18.2 Å². The van der Waals surface area contributed by atoms with E-state index in [0.29, 0.717) is 0 Å². The Hall–Kier alpha value is -1.79. The molecule has 0 aliphatic carbocycles. The second-order valence-corrected chi connectivity index (χ2v) is 3.23.